The van der Waals surface area contributed by atoms with E-state index in [-0.39, 0.29) is 10.6 Å². The van der Waals surface area contributed by atoms with Crippen molar-refractivity contribution in [3.63, 3.8) is 0 Å². The number of nitrogen functional groups attached to an aromatic ring is 1. The standard InChI is InChI=1S/C14H17N5O2/c15-14-9-11(16-17-14)10-5-7-18(8-6-10)12-3-1-2-4-13(12)19(20)21/h1-4,9-10H,5-8H2,(H3,15,16,17). The molecule has 0 unspecified atom stereocenters. The van der Waals surface area contributed by atoms with Gasteiger partial charge in [-0.1, -0.05) is 12.1 Å². The van der Waals surface area contributed by atoms with E-state index in [4.69, 9.17) is 5.73 Å². The Kier molecular flexibility index (Phi) is 3.47. The summed E-state index contributed by atoms with van der Waals surface area (Å²) in [4.78, 5) is 12.9. The molecule has 3 N–H and O–H groups in total. The van der Waals surface area contributed by atoms with Crippen molar-refractivity contribution in [1.82, 2.24) is 10.2 Å². The Bertz CT molecular complexity index is 646. The number of nitro groups is 1. The van der Waals surface area contributed by atoms with Gasteiger partial charge in [-0.05, 0) is 18.9 Å². The van der Waals surface area contributed by atoms with Crippen LogP contribution in [0.25, 0.3) is 0 Å². The molecule has 0 aliphatic carbocycles. The van der Waals surface area contributed by atoms with Gasteiger partial charge in [-0.3, -0.25) is 15.2 Å². The van der Waals surface area contributed by atoms with Crippen LogP contribution in [0, 0.1) is 10.1 Å². The number of nitrogens with one attached hydrogen (secondary N) is 1. The van der Waals surface area contributed by atoms with Crippen LogP contribution in [0.3, 0.4) is 0 Å². The van der Waals surface area contributed by atoms with Crippen LogP contribution in [0.2, 0.25) is 0 Å². The fourth-order valence-electron chi connectivity index (χ4n) is 2.88. The molecule has 0 radical (unpaired) electrons. The first-order chi connectivity index (χ1) is 10.1. The van der Waals surface area contributed by atoms with E-state index in [0.29, 0.717) is 17.4 Å². The molecule has 3 rings (SSSR count). The fraction of sp³-hybridized carbons (Fsp3) is 0.357. The zero-order chi connectivity index (χ0) is 14.8. The lowest BCUT2D eigenvalue weighted by Gasteiger charge is -2.32. The number of hydrogen-bond donors (Lipinski definition) is 2. The van der Waals surface area contributed by atoms with E-state index < -0.39 is 0 Å². The number of para-hydroxylation sites is 2. The van der Waals surface area contributed by atoms with Gasteiger partial charge in [0.1, 0.15) is 11.5 Å². The van der Waals surface area contributed by atoms with Crippen LogP contribution in [-0.4, -0.2) is 28.2 Å². The first-order valence-corrected chi connectivity index (χ1v) is 6.94. The number of H-pyrrole nitrogens is 1. The van der Waals surface area contributed by atoms with Crippen LogP contribution < -0.4 is 10.6 Å². The molecule has 0 spiro atoms. The third kappa shape index (κ3) is 2.67. The van der Waals surface area contributed by atoms with Crippen molar-refractivity contribution in [1.29, 1.82) is 0 Å². The molecule has 0 saturated carbocycles. The third-order valence-electron chi connectivity index (χ3n) is 3.97. The summed E-state index contributed by atoms with van der Waals surface area (Å²) in [6.45, 7) is 1.57. The normalized spacial score (nSPS) is 16.1. The lowest BCUT2D eigenvalue weighted by atomic mass is 9.93. The Morgan fingerprint density at radius 2 is 2.05 bits per heavy atom. The van der Waals surface area contributed by atoms with E-state index >= 15 is 0 Å². The number of rotatable bonds is 3. The Morgan fingerprint density at radius 1 is 1.33 bits per heavy atom. The van der Waals surface area contributed by atoms with E-state index in [1.807, 2.05) is 18.2 Å². The first kappa shape index (κ1) is 13.4. The number of hydrogen-bond acceptors (Lipinski definition) is 5. The Hall–Kier alpha value is -2.57. The van der Waals surface area contributed by atoms with E-state index in [1.54, 1.807) is 12.1 Å². The number of anilines is 2. The third-order valence-corrected chi connectivity index (χ3v) is 3.97. The molecular weight excluding hydrogens is 270 g/mol. The summed E-state index contributed by atoms with van der Waals surface area (Å²) in [5.41, 5.74) is 7.55. The summed E-state index contributed by atoms with van der Waals surface area (Å²) < 4.78 is 0. The van der Waals surface area contributed by atoms with Gasteiger partial charge in [0.25, 0.3) is 5.69 Å². The van der Waals surface area contributed by atoms with Crippen LogP contribution in [0.5, 0.6) is 0 Å². The highest BCUT2D eigenvalue weighted by atomic mass is 16.6. The number of nitrogens with zero attached hydrogens (tertiary/aromatic N) is 3. The Morgan fingerprint density at radius 3 is 2.67 bits per heavy atom. The molecule has 110 valence electrons. The van der Waals surface area contributed by atoms with Crippen LogP contribution in [0.4, 0.5) is 17.2 Å². The van der Waals surface area contributed by atoms with Crippen LogP contribution in [-0.2, 0) is 0 Å². The van der Waals surface area contributed by atoms with Crippen molar-refractivity contribution < 1.29 is 4.92 Å². The van der Waals surface area contributed by atoms with E-state index in [9.17, 15) is 10.1 Å². The monoisotopic (exact) mass is 287 g/mol. The SMILES string of the molecule is Nc1cc(C2CCN(c3ccccc3[N+](=O)[O-])CC2)[nH]n1. The molecule has 7 heteroatoms. The molecule has 0 amide bonds. The number of piperidine rings is 1. The highest BCUT2D eigenvalue weighted by Gasteiger charge is 2.25. The van der Waals surface area contributed by atoms with Crippen LogP contribution in [0.1, 0.15) is 24.5 Å². The number of benzene rings is 1. The molecule has 1 saturated heterocycles. The maximum Gasteiger partial charge on any atom is 0.292 e. The minimum Gasteiger partial charge on any atom is -0.382 e. The van der Waals surface area contributed by atoms with Crippen molar-refractivity contribution in [3.05, 3.63) is 46.1 Å². The fourth-order valence-corrected chi connectivity index (χ4v) is 2.88. The quantitative estimate of drug-likeness (QED) is 0.666. The highest BCUT2D eigenvalue weighted by molar-refractivity contribution is 5.63. The topological polar surface area (TPSA) is 101 Å². The lowest BCUT2D eigenvalue weighted by Crippen LogP contribution is -2.33. The van der Waals surface area contributed by atoms with E-state index in [1.165, 1.54) is 0 Å². The second-order valence-electron chi connectivity index (χ2n) is 5.26. The first-order valence-electron chi connectivity index (χ1n) is 6.94. The summed E-state index contributed by atoms with van der Waals surface area (Å²) >= 11 is 0. The summed E-state index contributed by atoms with van der Waals surface area (Å²) in [6.07, 6.45) is 1.85. The van der Waals surface area contributed by atoms with Gasteiger partial charge >= 0.3 is 0 Å². The summed E-state index contributed by atoms with van der Waals surface area (Å²) in [7, 11) is 0. The van der Waals surface area contributed by atoms with Gasteiger partial charge in [-0.25, -0.2) is 0 Å². The maximum absolute atomic E-state index is 11.1. The molecule has 0 bridgehead atoms. The van der Waals surface area contributed by atoms with Gasteiger partial charge in [0.2, 0.25) is 0 Å². The molecule has 1 aromatic heterocycles. The molecule has 7 nitrogen and oxygen atoms in total. The Balaban J connectivity index is 1.73. The lowest BCUT2D eigenvalue weighted by molar-refractivity contribution is -0.384. The summed E-state index contributed by atoms with van der Waals surface area (Å²) in [6, 6.07) is 8.76. The summed E-state index contributed by atoms with van der Waals surface area (Å²) in [5, 5.41) is 18.0. The van der Waals surface area contributed by atoms with Crippen LogP contribution in [0.15, 0.2) is 30.3 Å². The van der Waals surface area contributed by atoms with Crippen molar-refractivity contribution in [2.75, 3.05) is 23.7 Å². The molecule has 1 aromatic carbocycles. The number of aromatic amines is 1. The van der Waals surface area contributed by atoms with Crippen molar-refractivity contribution in [3.8, 4) is 0 Å². The molecular formula is C14H17N5O2. The van der Waals surface area contributed by atoms with Crippen molar-refractivity contribution in [2.24, 2.45) is 0 Å². The molecule has 1 aliphatic rings. The zero-order valence-electron chi connectivity index (χ0n) is 11.5. The number of aromatic nitrogens is 2. The molecule has 21 heavy (non-hydrogen) atoms. The maximum atomic E-state index is 11.1. The van der Waals surface area contributed by atoms with Gasteiger partial charge < -0.3 is 10.6 Å². The van der Waals surface area contributed by atoms with Gasteiger partial charge in [0.15, 0.2) is 0 Å². The van der Waals surface area contributed by atoms with Gasteiger partial charge in [-0.15, -0.1) is 0 Å². The Labute approximate surface area is 121 Å². The number of nitrogens with two attached hydrogens (primary N) is 1. The van der Waals surface area contributed by atoms with Gasteiger partial charge in [0, 0.05) is 36.8 Å². The van der Waals surface area contributed by atoms with Crippen LogP contribution >= 0.6 is 0 Å². The highest BCUT2D eigenvalue weighted by Crippen LogP contribution is 2.34. The average Bonchev–Trinajstić information content (AvgIpc) is 2.94. The average molecular weight is 287 g/mol. The summed E-state index contributed by atoms with van der Waals surface area (Å²) in [5.74, 6) is 0.889. The van der Waals surface area contributed by atoms with E-state index in [2.05, 4.69) is 15.1 Å². The molecule has 2 aromatic rings. The smallest absolute Gasteiger partial charge is 0.292 e. The van der Waals surface area contributed by atoms with Gasteiger partial charge in [0.05, 0.1) is 4.92 Å². The predicted octanol–water partition coefficient (Wildman–Crippen LogP) is 2.28. The largest absolute Gasteiger partial charge is 0.382 e. The predicted molar refractivity (Wildman–Crippen MR) is 80.3 cm³/mol. The molecule has 1 aliphatic heterocycles. The minimum absolute atomic E-state index is 0.168. The molecule has 0 atom stereocenters. The van der Waals surface area contributed by atoms with Crippen molar-refractivity contribution >= 4 is 17.2 Å². The second kappa shape index (κ2) is 5.43. The zero-order valence-corrected chi connectivity index (χ0v) is 11.5. The minimum atomic E-state index is -0.322. The molecule has 1 fully saturated rings. The second-order valence-corrected chi connectivity index (χ2v) is 5.26. The van der Waals surface area contributed by atoms with Crippen molar-refractivity contribution in [2.45, 2.75) is 18.8 Å². The van der Waals surface area contributed by atoms with E-state index in [0.717, 1.165) is 31.6 Å². The van der Waals surface area contributed by atoms with Gasteiger partial charge in [-0.2, -0.15) is 5.10 Å². The molecule has 2 heterocycles. The number of nitro benzene ring substituents is 1.